The molecule has 1 atom stereocenters. The van der Waals surface area contributed by atoms with Crippen molar-refractivity contribution in [3.05, 3.63) is 81.9 Å². The molecule has 0 bridgehead atoms. The average molecular weight is 468 g/mol. The van der Waals surface area contributed by atoms with Gasteiger partial charge in [0.05, 0.1) is 18.7 Å². The summed E-state index contributed by atoms with van der Waals surface area (Å²) in [6.45, 7) is 0.283. The molecule has 7 nitrogen and oxygen atoms in total. The number of halogens is 2. The van der Waals surface area contributed by atoms with Gasteiger partial charge in [-0.3, -0.25) is 9.78 Å². The zero-order valence-electron chi connectivity index (χ0n) is 17.6. The third kappa shape index (κ3) is 3.66. The summed E-state index contributed by atoms with van der Waals surface area (Å²) < 4.78 is 31.5. The molecule has 2 aromatic carbocycles. The topological polar surface area (TPSA) is 96.0 Å². The fourth-order valence-electron chi connectivity index (χ4n) is 4.24. The largest absolute Gasteiger partial charge is 0.497 e. The molecule has 9 heteroatoms. The summed E-state index contributed by atoms with van der Waals surface area (Å²) in [4.78, 5) is 21.5. The lowest BCUT2D eigenvalue weighted by molar-refractivity contribution is 0.0988. The Kier molecular flexibility index (Phi) is 5.17. The molecule has 33 heavy (non-hydrogen) atoms. The molecule has 168 valence electrons. The highest BCUT2D eigenvalue weighted by molar-refractivity contribution is 6.30. The van der Waals surface area contributed by atoms with Crippen LogP contribution in [0.25, 0.3) is 0 Å². The zero-order chi connectivity index (χ0) is 23.2. The first-order valence-electron chi connectivity index (χ1n) is 10.2. The van der Waals surface area contributed by atoms with E-state index in [1.807, 2.05) is 6.07 Å². The Hall–Kier alpha value is -3.65. The molecular weight excluding hydrogens is 449 g/mol. The molecule has 0 saturated heterocycles. The van der Waals surface area contributed by atoms with Crippen molar-refractivity contribution in [2.45, 2.75) is 18.4 Å². The maximum Gasteiger partial charge on any atom is 0.283 e. The monoisotopic (exact) mass is 467 g/mol. The molecule has 0 radical (unpaired) electrons. The number of aliphatic imine (C=N–C) groups is 1. The number of nitrogens with zero attached hydrogens (tertiary/aromatic N) is 2. The zero-order valence-corrected chi connectivity index (χ0v) is 18.4. The molecule has 0 amide bonds. The molecule has 0 saturated carbocycles. The lowest BCUT2D eigenvalue weighted by Gasteiger charge is -2.39. The number of rotatable bonds is 4. The molecule has 5 rings (SSSR count). The van der Waals surface area contributed by atoms with Crippen molar-refractivity contribution in [3.8, 4) is 17.2 Å². The molecule has 2 aliphatic rings. The number of ketones is 1. The summed E-state index contributed by atoms with van der Waals surface area (Å²) in [5.41, 5.74) is 7.11. The van der Waals surface area contributed by atoms with E-state index in [0.29, 0.717) is 39.8 Å². The fourth-order valence-corrected chi connectivity index (χ4v) is 4.35. The van der Waals surface area contributed by atoms with E-state index >= 15 is 0 Å². The number of benzene rings is 2. The van der Waals surface area contributed by atoms with Crippen LogP contribution >= 0.6 is 11.6 Å². The van der Waals surface area contributed by atoms with Crippen LogP contribution in [0.1, 0.15) is 33.6 Å². The van der Waals surface area contributed by atoms with Crippen LogP contribution in [0.15, 0.2) is 53.7 Å². The van der Waals surface area contributed by atoms with E-state index in [1.54, 1.807) is 30.3 Å². The molecule has 3 aromatic rings. The van der Waals surface area contributed by atoms with Gasteiger partial charge in [-0.2, -0.15) is 0 Å². The number of amidine groups is 1. The van der Waals surface area contributed by atoms with Crippen molar-refractivity contribution in [1.82, 2.24) is 4.98 Å². The normalized spacial score (nSPS) is 18.5. The number of methoxy groups -OCH3 is 1. The molecule has 0 unspecified atom stereocenters. The van der Waals surface area contributed by atoms with E-state index in [4.69, 9.17) is 31.5 Å². The SMILES string of the molecule is COc1cc(F)c2c(c1)[C@]1(CCOC(N)=N1)c1cc(CC(=O)c3ccc(Cl)cn3)ccc1O2. The number of carbonyl (C=O) groups excluding carboxylic acids is 1. The predicted molar refractivity (Wildman–Crippen MR) is 120 cm³/mol. The first kappa shape index (κ1) is 21.2. The molecule has 1 spiro atoms. The standard InChI is InChI=1S/C24H19ClFN3O4/c1-31-15-10-17-22(18(26)11-15)33-21-5-2-13(9-20(30)19-4-3-14(25)12-28-19)8-16(21)24(17)6-7-32-23(27)29-24/h2-5,8,10-12H,6-7,9H2,1H3,(H2,27,29)/t24-/m0/s1. The summed E-state index contributed by atoms with van der Waals surface area (Å²) in [5, 5.41) is 0.454. The van der Waals surface area contributed by atoms with E-state index < -0.39 is 11.4 Å². The minimum absolute atomic E-state index is 0.00452. The van der Waals surface area contributed by atoms with Gasteiger partial charge >= 0.3 is 0 Å². The van der Waals surface area contributed by atoms with Crippen molar-refractivity contribution in [3.63, 3.8) is 0 Å². The van der Waals surface area contributed by atoms with Crippen LogP contribution in [-0.4, -0.2) is 30.5 Å². The fraction of sp³-hybridized carbons (Fsp3) is 0.208. The minimum atomic E-state index is -1.04. The smallest absolute Gasteiger partial charge is 0.283 e. The van der Waals surface area contributed by atoms with E-state index in [9.17, 15) is 9.18 Å². The number of nitrogens with two attached hydrogens (primary N) is 1. The van der Waals surface area contributed by atoms with Gasteiger partial charge in [-0.25, -0.2) is 9.38 Å². The highest BCUT2D eigenvalue weighted by Gasteiger charge is 2.46. The summed E-state index contributed by atoms with van der Waals surface area (Å²) in [7, 11) is 1.46. The van der Waals surface area contributed by atoms with Crippen LogP contribution in [0.5, 0.6) is 17.2 Å². The third-order valence-electron chi connectivity index (χ3n) is 5.79. The summed E-state index contributed by atoms with van der Waals surface area (Å²) in [5.74, 6) is 0.100. The third-order valence-corrected chi connectivity index (χ3v) is 6.02. The van der Waals surface area contributed by atoms with Gasteiger partial charge in [0.15, 0.2) is 17.3 Å². The van der Waals surface area contributed by atoms with Gasteiger partial charge in [-0.05, 0) is 35.9 Å². The number of aromatic nitrogens is 1. The minimum Gasteiger partial charge on any atom is -0.497 e. The highest BCUT2D eigenvalue weighted by Crippen LogP contribution is 2.53. The number of hydrogen-bond donors (Lipinski definition) is 1. The Bertz CT molecular complexity index is 1300. The highest BCUT2D eigenvalue weighted by atomic mass is 35.5. The Balaban J connectivity index is 1.61. The first-order valence-corrected chi connectivity index (χ1v) is 10.6. The van der Waals surface area contributed by atoms with Crippen LogP contribution in [0.3, 0.4) is 0 Å². The van der Waals surface area contributed by atoms with Gasteiger partial charge in [0, 0.05) is 36.2 Å². The van der Waals surface area contributed by atoms with Crippen LogP contribution < -0.4 is 15.2 Å². The van der Waals surface area contributed by atoms with Gasteiger partial charge in [0.1, 0.15) is 22.7 Å². The maximum atomic E-state index is 14.9. The predicted octanol–water partition coefficient (Wildman–Crippen LogP) is 4.39. The van der Waals surface area contributed by atoms with Crippen LogP contribution in [-0.2, 0) is 16.7 Å². The lowest BCUT2D eigenvalue weighted by atomic mass is 9.77. The number of hydrogen-bond acceptors (Lipinski definition) is 7. The molecule has 1 aromatic heterocycles. The molecule has 3 heterocycles. The Morgan fingerprint density at radius 1 is 1.24 bits per heavy atom. The van der Waals surface area contributed by atoms with E-state index in [0.717, 1.165) is 5.56 Å². The van der Waals surface area contributed by atoms with Crippen molar-refractivity contribution < 1.29 is 23.4 Å². The van der Waals surface area contributed by atoms with Crippen molar-refractivity contribution >= 4 is 23.4 Å². The summed E-state index contributed by atoms with van der Waals surface area (Å²) in [6, 6.07) is 11.5. The second-order valence-electron chi connectivity index (χ2n) is 7.79. The van der Waals surface area contributed by atoms with Crippen molar-refractivity contribution in [2.75, 3.05) is 13.7 Å². The number of ether oxygens (including phenoxy) is 3. The molecule has 0 fully saturated rings. The Morgan fingerprint density at radius 2 is 2.09 bits per heavy atom. The van der Waals surface area contributed by atoms with E-state index in [-0.39, 0.29) is 30.6 Å². The summed E-state index contributed by atoms with van der Waals surface area (Å²) in [6.07, 6.45) is 1.94. The van der Waals surface area contributed by atoms with Gasteiger partial charge < -0.3 is 19.9 Å². The summed E-state index contributed by atoms with van der Waals surface area (Å²) >= 11 is 5.87. The second-order valence-corrected chi connectivity index (χ2v) is 8.23. The number of pyridine rings is 1. The lowest BCUT2D eigenvalue weighted by Crippen LogP contribution is -2.39. The van der Waals surface area contributed by atoms with Crippen molar-refractivity contribution in [2.24, 2.45) is 10.7 Å². The second kappa shape index (κ2) is 8.04. The van der Waals surface area contributed by atoms with Gasteiger partial charge in [-0.15, -0.1) is 0 Å². The number of fused-ring (bicyclic) bond motifs is 4. The first-order chi connectivity index (χ1) is 15.9. The van der Waals surface area contributed by atoms with Gasteiger partial charge in [-0.1, -0.05) is 17.7 Å². The maximum absolute atomic E-state index is 14.9. The van der Waals surface area contributed by atoms with Gasteiger partial charge in [0.2, 0.25) is 0 Å². The Labute approximate surface area is 194 Å². The van der Waals surface area contributed by atoms with Gasteiger partial charge in [0.25, 0.3) is 6.02 Å². The van der Waals surface area contributed by atoms with Crippen LogP contribution in [0, 0.1) is 5.82 Å². The molecule has 0 aliphatic carbocycles. The molecular formula is C24H19ClFN3O4. The number of carbonyl (C=O) groups is 1. The van der Waals surface area contributed by atoms with Crippen LogP contribution in [0.2, 0.25) is 5.02 Å². The molecule has 2 aliphatic heterocycles. The number of Topliss-reactive ketones (excluding diaryl/α,β-unsaturated/α-hetero) is 1. The van der Waals surface area contributed by atoms with E-state index in [2.05, 4.69) is 9.98 Å². The van der Waals surface area contributed by atoms with Crippen molar-refractivity contribution in [1.29, 1.82) is 0 Å². The van der Waals surface area contributed by atoms with Crippen LogP contribution in [0.4, 0.5) is 4.39 Å². The average Bonchev–Trinajstić information content (AvgIpc) is 2.80. The molecule has 2 N–H and O–H groups in total. The van der Waals surface area contributed by atoms with E-state index in [1.165, 1.54) is 19.4 Å². The quantitative estimate of drug-likeness (QED) is 0.571. The Morgan fingerprint density at radius 3 is 2.82 bits per heavy atom.